The second kappa shape index (κ2) is 7.25. The van der Waals surface area contributed by atoms with Gasteiger partial charge in [0.15, 0.2) is 0 Å². The SMILES string of the molecule is CC(C)(CCCCl)CNC(=O)c1cccc(Br)c1F. The molecule has 0 radical (unpaired) electrons. The van der Waals surface area contributed by atoms with Crippen molar-refractivity contribution in [2.24, 2.45) is 5.41 Å². The number of nitrogens with one attached hydrogen (secondary N) is 1. The number of carbonyl (C=O) groups excluding carboxylic acids is 1. The van der Waals surface area contributed by atoms with E-state index < -0.39 is 11.7 Å². The van der Waals surface area contributed by atoms with Gasteiger partial charge < -0.3 is 5.32 Å². The molecule has 0 aliphatic carbocycles. The Morgan fingerprint density at radius 1 is 1.47 bits per heavy atom. The van der Waals surface area contributed by atoms with Crippen molar-refractivity contribution in [1.82, 2.24) is 5.32 Å². The molecule has 1 aromatic rings. The summed E-state index contributed by atoms with van der Waals surface area (Å²) in [5.74, 6) is -0.311. The van der Waals surface area contributed by atoms with E-state index in [0.717, 1.165) is 12.8 Å². The first-order chi connectivity index (χ1) is 8.87. The van der Waals surface area contributed by atoms with E-state index in [2.05, 4.69) is 35.1 Å². The Balaban J connectivity index is 2.63. The summed E-state index contributed by atoms with van der Waals surface area (Å²) in [6, 6.07) is 4.68. The first-order valence-corrected chi connectivity index (χ1v) is 7.48. The van der Waals surface area contributed by atoms with Crippen LogP contribution in [0.1, 0.15) is 37.0 Å². The fraction of sp³-hybridized carbons (Fsp3) is 0.500. The molecule has 106 valence electrons. The zero-order chi connectivity index (χ0) is 14.5. The molecule has 0 saturated carbocycles. The highest BCUT2D eigenvalue weighted by Crippen LogP contribution is 2.22. The van der Waals surface area contributed by atoms with Gasteiger partial charge in [-0.05, 0) is 46.3 Å². The molecule has 1 N–H and O–H groups in total. The Hall–Kier alpha value is -0.610. The summed E-state index contributed by atoms with van der Waals surface area (Å²) >= 11 is 8.73. The molecule has 0 atom stereocenters. The lowest BCUT2D eigenvalue weighted by molar-refractivity contribution is 0.0930. The summed E-state index contributed by atoms with van der Waals surface area (Å²) in [6.45, 7) is 4.60. The Bertz CT molecular complexity index is 451. The van der Waals surface area contributed by atoms with Crippen molar-refractivity contribution >= 4 is 33.4 Å². The Kier molecular flexibility index (Phi) is 6.27. The van der Waals surface area contributed by atoms with E-state index in [9.17, 15) is 9.18 Å². The smallest absolute Gasteiger partial charge is 0.254 e. The monoisotopic (exact) mass is 349 g/mol. The van der Waals surface area contributed by atoms with Crippen molar-refractivity contribution in [2.75, 3.05) is 12.4 Å². The third-order valence-corrected chi connectivity index (χ3v) is 3.79. The molecule has 0 heterocycles. The van der Waals surface area contributed by atoms with Crippen molar-refractivity contribution in [1.29, 1.82) is 0 Å². The summed E-state index contributed by atoms with van der Waals surface area (Å²) in [4.78, 5) is 11.9. The number of halogens is 3. The fourth-order valence-corrected chi connectivity index (χ4v) is 2.23. The van der Waals surface area contributed by atoms with Crippen LogP contribution in [0.4, 0.5) is 4.39 Å². The maximum atomic E-state index is 13.7. The summed E-state index contributed by atoms with van der Waals surface area (Å²) in [7, 11) is 0. The van der Waals surface area contributed by atoms with Gasteiger partial charge in [-0.25, -0.2) is 4.39 Å². The highest BCUT2D eigenvalue weighted by molar-refractivity contribution is 9.10. The van der Waals surface area contributed by atoms with E-state index in [4.69, 9.17) is 11.6 Å². The molecule has 0 unspecified atom stereocenters. The molecule has 1 amide bonds. The van der Waals surface area contributed by atoms with Crippen LogP contribution in [-0.4, -0.2) is 18.3 Å². The van der Waals surface area contributed by atoms with Crippen LogP contribution in [0.15, 0.2) is 22.7 Å². The molecular weight excluding hydrogens is 333 g/mol. The van der Waals surface area contributed by atoms with Crippen molar-refractivity contribution in [3.8, 4) is 0 Å². The third-order valence-electron chi connectivity index (χ3n) is 2.91. The standard InChI is InChI=1S/C14H18BrClFNO/c1-14(2,7-4-8-16)9-18-13(19)10-5-3-6-11(15)12(10)17/h3,5-6H,4,7-9H2,1-2H3,(H,18,19). The van der Waals surface area contributed by atoms with Crippen LogP contribution in [0, 0.1) is 11.2 Å². The van der Waals surface area contributed by atoms with E-state index >= 15 is 0 Å². The highest BCUT2D eigenvalue weighted by Gasteiger charge is 2.20. The minimum absolute atomic E-state index is 0.0486. The number of rotatable bonds is 6. The molecule has 19 heavy (non-hydrogen) atoms. The average Bonchev–Trinajstić information content (AvgIpc) is 2.37. The summed E-state index contributed by atoms with van der Waals surface area (Å²) in [5, 5.41) is 2.77. The van der Waals surface area contributed by atoms with Gasteiger partial charge in [0.2, 0.25) is 0 Å². The molecular formula is C14H18BrClFNO. The van der Waals surface area contributed by atoms with Crippen molar-refractivity contribution in [3.05, 3.63) is 34.1 Å². The predicted molar refractivity (Wildman–Crippen MR) is 80.2 cm³/mol. The van der Waals surface area contributed by atoms with Crippen LogP contribution in [-0.2, 0) is 0 Å². The molecule has 0 saturated heterocycles. The molecule has 5 heteroatoms. The lowest BCUT2D eigenvalue weighted by Gasteiger charge is -2.24. The second-order valence-electron chi connectivity index (χ2n) is 5.24. The maximum absolute atomic E-state index is 13.7. The molecule has 0 spiro atoms. The van der Waals surface area contributed by atoms with Crippen LogP contribution in [0.5, 0.6) is 0 Å². The number of hydrogen-bond donors (Lipinski definition) is 1. The van der Waals surface area contributed by atoms with Crippen molar-refractivity contribution in [3.63, 3.8) is 0 Å². The Labute approximate surface area is 126 Å². The van der Waals surface area contributed by atoms with Gasteiger partial charge in [-0.1, -0.05) is 19.9 Å². The van der Waals surface area contributed by atoms with Gasteiger partial charge >= 0.3 is 0 Å². The normalized spacial score (nSPS) is 11.4. The van der Waals surface area contributed by atoms with Gasteiger partial charge in [0.1, 0.15) is 5.82 Å². The van der Waals surface area contributed by atoms with Crippen LogP contribution in [0.2, 0.25) is 0 Å². The zero-order valence-corrected chi connectivity index (χ0v) is 13.4. The molecule has 0 aromatic heterocycles. The van der Waals surface area contributed by atoms with Gasteiger partial charge in [-0.2, -0.15) is 0 Å². The number of amides is 1. The zero-order valence-electron chi connectivity index (χ0n) is 11.1. The lowest BCUT2D eigenvalue weighted by atomic mass is 9.88. The van der Waals surface area contributed by atoms with Gasteiger partial charge in [0.25, 0.3) is 5.91 Å². The maximum Gasteiger partial charge on any atom is 0.254 e. The van der Waals surface area contributed by atoms with E-state index in [-0.39, 0.29) is 11.0 Å². The van der Waals surface area contributed by atoms with Crippen molar-refractivity contribution in [2.45, 2.75) is 26.7 Å². The topological polar surface area (TPSA) is 29.1 Å². The predicted octanol–water partition coefficient (Wildman–Crippen LogP) is 4.36. The average molecular weight is 351 g/mol. The van der Waals surface area contributed by atoms with Gasteiger partial charge in [-0.15, -0.1) is 11.6 Å². The van der Waals surface area contributed by atoms with Gasteiger partial charge in [0.05, 0.1) is 10.0 Å². The third kappa shape index (κ3) is 5.11. The van der Waals surface area contributed by atoms with E-state index in [1.807, 2.05) is 0 Å². The summed E-state index contributed by atoms with van der Waals surface area (Å²) < 4.78 is 14.0. The van der Waals surface area contributed by atoms with Crippen LogP contribution >= 0.6 is 27.5 Å². The molecule has 0 bridgehead atoms. The lowest BCUT2D eigenvalue weighted by Crippen LogP contribution is -2.34. The Morgan fingerprint density at radius 2 is 2.16 bits per heavy atom. The van der Waals surface area contributed by atoms with Crippen LogP contribution in [0.3, 0.4) is 0 Å². The second-order valence-corrected chi connectivity index (χ2v) is 6.47. The molecule has 1 aromatic carbocycles. The summed E-state index contributed by atoms with van der Waals surface area (Å²) in [5.41, 5.74) is 0.00931. The minimum Gasteiger partial charge on any atom is -0.351 e. The molecule has 2 nitrogen and oxygen atoms in total. The van der Waals surface area contributed by atoms with Crippen LogP contribution < -0.4 is 5.32 Å². The quantitative estimate of drug-likeness (QED) is 0.759. The number of alkyl halides is 1. The summed E-state index contributed by atoms with van der Waals surface area (Å²) in [6.07, 6.45) is 1.81. The number of carbonyl (C=O) groups is 1. The van der Waals surface area contributed by atoms with E-state index in [1.165, 1.54) is 6.07 Å². The fourth-order valence-electron chi connectivity index (χ4n) is 1.73. The van der Waals surface area contributed by atoms with Crippen LogP contribution in [0.25, 0.3) is 0 Å². The minimum atomic E-state index is -0.529. The number of hydrogen-bond acceptors (Lipinski definition) is 1. The first-order valence-electron chi connectivity index (χ1n) is 6.15. The number of benzene rings is 1. The van der Waals surface area contributed by atoms with E-state index in [0.29, 0.717) is 16.9 Å². The highest BCUT2D eigenvalue weighted by atomic mass is 79.9. The molecule has 1 rings (SSSR count). The molecule has 0 fully saturated rings. The van der Waals surface area contributed by atoms with E-state index in [1.54, 1.807) is 12.1 Å². The Morgan fingerprint density at radius 3 is 2.79 bits per heavy atom. The van der Waals surface area contributed by atoms with Crippen molar-refractivity contribution < 1.29 is 9.18 Å². The first kappa shape index (κ1) is 16.4. The molecule has 0 aliphatic rings. The van der Waals surface area contributed by atoms with Gasteiger partial charge in [-0.3, -0.25) is 4.79 Å². The van der Waals surface area contributed by atoms with Gasteiger partial charge in [0, 0.05) is 12.4 Å². The largest absolute Gasteiger partial charge is 0.351 e. The molecule has 0 aliphatic heterocycles.